The van der Waals surface area contributed by atoms with Crippen molar-refractivity contribution < 1.29 is 18.8 Å². The summed E-state index contributed by atoms with van der Waals surface area (Å²) in [5.41, 5.74) is 1.57. The molecule has 0 radical (unpaired) electrons. The molecule has 0 spiro atoms. The topological polar surface area (TPSA) is 83.8 Å². The summed E-state index contributed by atoms with van der Waals surface area (Å²) < 4.78 is 27.7. The fraction of sp³-hybridized carbons (Fsp3) is 0.421. The van der Waals surface area contributed by atoms with Gasteiger partial charge in [-0.05, 0) is 39.8 Å². The largest absolute Gasteiger partial charge is 0.591 e. The summed E-state index contributed by atoms with van der Waals surface area (Å²) in [6.45, 7) is 7.75. The van der Waals surface area contributed by atoms with E-state index in [4.69, 9.17) is 9.47 Å². The Hall–Kier alpha value is -1.90. The molecule has 1 aromatic heterocycles. The van der Waals surface area contributed by atoms with Crippen molar-refractivity contribution >= 4 is 34.4 Å². The molecule has 1 aliphatic rings. The third-order valence-electron chi connectivity index (χ3n) is 3.84. The number of aromatic nitrogens is 1. The van der Waals surface area contributed by atoms with E-state index in [1.807, 2.05) is 45.0 Å². The summed E-state index contributed by atoms with van der Waals surface area (Å²) in [5, 5.41) is 0.668. The Morgan fingerprint density at radius 3 is 2.89 bits per heavy atom. The maximum Gasteiger partial charge on any atom is 0.349 e. The summed E-state index contributed by atoms with van der Waals surface area (Å²) in [4.78, 5) is 16.7. The lowest BCUT2D eigenvalue weighted by Gasteiger charge is -2.26. The molecule has 0 saturated carbocycles. The summed E-state index contributed by atoms with van der Waals surface area (Å²) in [5.74, 6) is 0.284. The van der Waals surface area contributed by atoms with Crippen molar-refractivity contribution in [2.24, 2.45) is 4.40 Å². The fourth-order valence-electron chi connectivity index (χ4n) is 2.48. The van der Waals surface area contributed by atoms with Crippen LogP contribution in [0.15, 0.2) is 34.9 Å². The molecule has 1 aliphatic heterocycles. The first-order valence-corrected chi connectivity index (χ1v) is 10.6. The average molecular weight is 407 g/mol. The first-order valence-electron chi connectivity index (χ1n) is 8.68. The van der Waals surface area contributed by atoms with Crippen molar-refractivity contribution in [1.29, 1.82) is 0 Å². The number of para-hydroxylation sites is 1. The molecule has 0 bridgehead atoms. The van der Waals surface area contributed by atoms with E-state index >= 15 is 0 Å². The number of fused-ring (bicyclic) bond motifs is 1. The molecule has 27 heavy (non-hydrogen) atoms. The number of hydrogen-bond donors (Lipinski definition) is 0. The zero-order valence-corrected chi connectivity index (χ0v) is 17.4. The Bertz CT molecular complexity index is 857. The van der Waals surface area contributed by atoms with E-state index in [0.717, 1.165) is 11.3 Å². The number of ether oxygens (including phenoxy) is 2. The molecule has 8 heteroatoms. The fourth-order valence-corrected chi connectivity index (χ4v) is 3.97. The van der Waals surface area contributed by atoms with Crippen LogP contribution in [0.25, 0.3) is 0 Å². The van der Waals surface area contributed by atoms with E-state index in [0.29, 0.717) is 28.7 Å². The molecule has 1 unspecified atom stereocenters. The molecular weight excluding hydrogens is 384 g/mol. The van der Waals surface area contributed by atoms with Gasteiger partial charge in [0.25, 0.3) is 0 Å². The molecule has 2 aromatic rings. The molecule has 2 heterocycles. The number of carbonyl (C=O) groups is 1. The Balaban J connectivity index is 1.92. The monoisotopic (exact) mass is 406 g/mol. The van der Waals surface area contributed by atoms with Gasteiger partial charge in [-0.25, -0.2) is 9.78 Å². The summed E-state index contributed by atoms with van der Waals surface area (Å²) in [6.07, 6.45) is 1.56. The molecule has 0 amide bonds. The number of esters is 1. The first kappa shape index (κ1) is 19.9. The van der Waals surface area contributed by atoms with Crippen molar-refractivity contribution in [2.75, 3.05) is 6.61 Å². The lowest BCUT2D eigenvalue weighted by Crippen LogP contribution is -2.29. The van der Waals surface area contributed by atoms with E-state index < -0.39 is 16.1 Å². The highest BCUT2D eigenvalue weighted by Gasteiger charge is 2.33. The second kappa shape index (κ2) is 8.00. The molecule has 1 aromatic carbocycles. The third-order valence-corrected chi connectivity index (χ3v) is 6.34. The molecule has 0 saturated heterocycles. The lowest BCUT2D eigenvalue weighted by molar-refractivity contribution is 0.0532. The predicted octanol–water partition coefficient (Wildman–Crippen LogP) is 4.09. The number of benzene rings is 1. The Labute approximate surface area is 166 Å². The molecular formula is C19H22N2O4S2. The molecule has 2 atom stereocenters. The minimum absolute atomic E-state index is 0.314. The summed E-state index contributed by atoms with van der Waals surface area (Å²) in [6, 6.07) is 7.55. The number of nitrogens with zero attached hydrogens (tertiary/aromatic N) is 2. The van der Waals surface area contributed by atoms with Gasteiger partial charge in [-0.3, -0.25) is 0 Å². The van der Waals surface area contributed by atoms with Crippen LogP contribution in [-0.2, 0) is 16.1 Å². The van der Waals surface area contributed by atoms with Crippen LogP contribution in [-0.4, -0.2) is 32.6 Å². The van der Waals surface area contributed by atoms with Gasteiger partial charge in [0, 0.05) is 12.0 Å². The highest BCUT2D eigenvalue weighted by molar-refractivity contribution is 7.91. The van der Waals surface area contributed by atoms with Crippen LogP contribution in [0.3, 0.4) is 0 Å². The van der Waals surface area contributed by atoms with Gasteiger partial charge >= 0.3 is 5.97 Å². The van der Waals surface area contributed by atoms with Crippen LogP contribution in [0.4, 0.5) is 0 Å². The van der Waals surface area contributed by atoms with Crippen LogP contribution in [0, 0.1) is 0 Å². The minimum atomic E-state index is -1.38. The van der Waals surface area contributed by atoms with Crippen LogP contribution in [0.2, 0.25) is 0 Å². The van der Waals surface area contributed by atoms with E-state index in [1.165, 1.54) is 17.5 Å². The zero-order valence-electron chi connectivity index (χ0n) is 15.7. The SMILES string of the molecule is CCOC(=O)c1cnc(C2CC(=N[S@+]([O-])C(C)(C)C)c3ccccc3O2)s1. The third kappa shape index (κ3) is 4.51. The van der Waals surface area contributed by atoms with Gasteiger partial charge < -0.3 is 14.0 Å². The van der Waals surface area contributed by atoms with Crippen LogP contribution < -0.4 is 4.74 Å². The molecule has 3 rings (SSSR count). The quantitative estimate of drug-likeness (QED) is 0.564. The van der Waals surface area contributed by atoms with Gasteiger partial charge in [-0.2, -0.15) is 0 Å². The van der Waals surface area contributed by atoms with E-state index in [1.54, 1.807) is 6.92 Å². The van der Waals surface area contributed by atoms with Crippen LogP contribution >= 0.6 is 11.3 Å². The Morgan fingerprint density at radius 2 is 2.19 bits per heavy atom. The van der Waals surface area contributed by atoms with Crippen molar-refractivity contribution in [3.63, 3.8) is 0 Å². The smallest absolute Gasteiger partial charge is 0.349 e. The van der Waals surface area contributed by atoms with Gasteiger partial charge in [0.1, 0.15) is 37.5 Å². The first-order chi connectivity index (χ1) is 12.8. The van der Waals surface area contributed by atoms with Gasteiger partial charge in [-0.1, -0.05) is 16.5 Å². The standard InChI is InChI=1S/C19H22N2O4S2/c1-5-24-18(22)16-11-20-17(26-16)15-10-13(21-27(23)19(2,3)4)12-8-6-7-9-14(12)25-15/h6-9,11,15H,5,10H2,1-4H3/t15?,27-/m1/s1. The molecule has 0 aliphatic carbocycles. The van der Waals surface area contributed by atoms with Crippen LogP contribution in [0.5, 0.6) is 5.75 Å². The molecule has 144 valence electrons. The van der Waals surface area contributed by atoms with E-state index in [2.05, 4.69) is 9.38 Å². The van der Waals surface area contributed by atoms with Gasteiger partial charge in [-0.15, -0.1) is 11.3 Å². The van der Waals surface area contributed by atoms with Crippen molar-refractivity contribution in [2.45, 2.75) is 45.0 Å². The number of carbonyl (C=O) groups excluding carboxylic acids is 1. The molecule has 0 fully saturated rings. The van der Waals surface area contributed by atoms with Crippen LogP contribution in [0.1, 0.15) is 60.5 Å². The average Bonchev–Trinajstić information content (AvgIpc) is 3.11. The number of rotatable bonds is 4. The van der Waals surface area contributed by atoms with Crippen molar-refractivity contribution in [3.05, 3.63) is 45.9 Å². The highest BCUT2D eigenvalue weighted by Crippen LogP contribution is 2.37. The molecule has 6 nitrogen and oxygen atoms in total. The van der Waals surface area contributed by atoms with E-state index in [-0.39, 0.29) is 12.1 Å². The van der Waals surface area contributed by atoms with E-state index in [9.17, 15) is 9.35 Å². The Kier molecular flexibility index (Phi) is 5.88. The summed E-state index contributed by atoms with van der Waals surface area (Å²) >= 11 is -0.130. The van der Waals surface area contributed by atoms with Crippen molar-refractivity contribution in [1.82, 2.24) is 4.98 Å². The summed E-state index contributed by atoms with van der Waals surface area (Å²) in [7, 11) is 0. The second-order valence-electron chi connectivity index (χ2n) is 6.99. The number of hydrogen-bond acceptors (Lipinski definition) is 7. The minimum Gasteiger partial charge on any atom is -0.591 e. The maximum absolute atomic E-state index is 12.6. The van der Waals surface area contributed by atoms with Gasteiger partial charge in [0.2, 0.25) is 0 Å². The lowest BCUT2D eigenvalue weighted by atomic mass is 10.0. The second-order valence-corrected chi connectivity index (χ2v) is 9.96. The normalized spacial score (nSPS) is 19.3. The maximum atomic E-state index is 12.6. The predicted molar refractivity (Wildman–Crippen MR) is 107 cm³/mol. The Morgan fingerprint density at radius 1 is 1.44 bits per heavy atom. The van der Waals surface area contributed by atoms with Crippen molar-refractivity contribution in [3.8, 4) is 5.75 Å². The molecule has 0 N–H and O–H groups in total. The zero-order chi connectivity index (χ0) is 19.6. The highest BCUT2D eigenvalue weighted by atomic mass is 32.2. The van der Waals surface area contributed by atoms with Gasteiger partial charge in [0.15, 0.2) is 6.10 Å². The number of thiazole rings is 1. The van der Waals surface area contributed by atoms with Gasteiger partial charge in [0.05, 0.1) is 12.8 Å².